The number of hydrogen-bond donors (Lipinski definition) is 0. The molecule has 1 amide bonds. The average molecular weight is 233 g/mol. The van der Waals surface area contributed by atoms with Crippen molar-refractivity contribution < 1.29 is 9.72 Å². The summed E-state index contributed by atoms with van der Waals surface area (Å²) >= 11 is 0. The van der Waals surface area contributed by atoms with Gasteiger partial charge in [-0.2, -0.15) is 0 Å². The van der Waals surface area contributed by atoms with Crippen molar-refractivity contribution in [2.45, 2.75) is 0 Å². The molecule has 1 aliphatic heterocycles. The highest BCUT2D eigenvalue weighted by Gasteiger charge is 2.27. The minimum Gasteiger partial charge on any atom is -0.289 e. The van der Waals surface area contributed by atoms with E-state index in [-0.39, 0.29) is 11.7 Å². The lowest BCUT2D eigenvalue weighted by atomic mass is 10.2. The van der Waals surface area contributed by atoms with Crippen molar-refractivity contribution in [2.24, 2.45) is 4.99 Å². The van der Waals surface area contributed by atoms with E-state index in [1.54, 1.807) is 24.3 Å². The number of rotatable bonds is 3. The first-order chi connectivity index (χ1) is 8.18. The summed E-state index contributed by atoms with van der Waals surface area (Å²) in [5.41, 5.74) is 0.519. The van der Waals surface area contributed by atoms with Crippen LogP contribution in [0.1, 0.15) is 10.4 Å². The number of benzene rings is 1. The van der Waals surface area contributed by atoms with E-state index in [0.29, 0.717) is 18.7 Å². The quantitative estimate of drug-likeness (QED) is 0.572. The third kappa shape index (κ3) is 2.47. The van der Waals surface area contributed by atoms with Crippen molar-refractivity contribution in [1.82, 2.24) is 4.90 Å². The average Bonchev–Trinajstić information content (AvgIpc) is 2.76. The highest BCUT2D eigenvalue weighted by molar-refractivity contribution is 6.07. The molecule has 0 atom stereocenters. The second-order valence-corrected chi connectivity index (χ2v) is 3.61. The Hall–Kier alpha value is -2.24. The van der Waals surface area contributed by atoms with Crippen LogP contribution in [-0.4, -0.2) is 41.2 Å². The van der Waals surface area contributed by atoms with E-state index in [0.717, 1.165) is 0 Å². The maximum Gasteiger partial charge on any atom is 0.260 e. The zero-order valence-electron chi connectivity index (χ0n) is 9.07. The van der Waals surface area contributed by atoms with Crippen LogP contribution in [0.4, 0.5) is 0 Å². The van der Waals surface area contributed by atoms with Gasteiger partial charge in [0.15, 0.2) is 5.84 Å². The molecule has 6 heteroatoms. The molecule has 0 fully saturated rings. The van der Waals surface area contributed by atoms with Gasteiger partial charge in [-0.1, -0.05) is 18.2 Å². The molecule has 2 rings (SSSR count). The fraction of sp³-hybridized carbons (Fsp3) is 0.273. The van der Waals surface area contributed by atoms with Crippen LogP contribution in [0.3, 0.4) is 0 Å². The molecule has 0 saturated heterocycles. The number of nitrogens with zero attached hydrogens (tertiary/aromatic N) is 3. The molecule has 1 heterocycles. The largest absolute Gasteiger partial charge is 0.289 e. The molecule has 1 aromatic carbocycles. The third-order valence-corrected chi connectivity index (χ3v) is 2.47. The fourth-order valence-electron chi connectivity index (χ4n) is 1.70. The van der Waals surface area contributed by atoms with Crippen molar-refractivity contribution in [1.29, 1.82) is 0 Å². The molecule has 0 spiro atoms. The van der Waals surface area contributed by atoms with Gasteiger partial charge in [0.1, 0.15) is 0 Å². The Morgan fingerprint density at radius 3 is 2.76 bits per heavy atom. The number of amides is 1. The summed E-state index contributed by atoms with van der Waals surface area (Å²) in [6.07, 6.45) is 0. The Labute approximate surface area is 97.7 Å². The normalized spacial score (nSPS) is 14.6. The van der Waals surface area contributed by atoms with Crippen molar-refractivity contribution in [2.75, 3.05) is 19.6 Å². The van der Waals surface area contributed by atoms with Crippen molar-refractivity contribution in [3.05, 3.63) is 46.0 Å². The molecule has 17 heavy (non-hydrogen) atoms. The van der Waals surface area contributed by atoms with Crippen molar-refractivity contribution in [3.63, 3.8) is 0 Å². The molecule has 0 aliphatic carbocycles. The second-order valence-electron chi connectivity index (χ2n) is 3.61. The fourth-order valence-corrected chi connectivity index (χ4v) is 1.70. The van der Waals surface area contributed by atoms with Crippen LogP contribution in [0.2, 0.25) is 0 Å². The first-order valence-electron chi connectivity index (χ1n) is 5.20. The Kier molecular flexibility index (Phi) is 3.13. The molecule has 0 unspecified atom stereocenters. The lowest BCUT2D eigenvalue weighted by molar-refractivity contribution is -0.464. The third-order valence-electron chi connectivity index (χ3n) is 2.47. The van der Waals surface area contributed by atoms with Crippen LogP contribution in [0.25, 0.3) is 0 Å². The molecule has 0 saturated carbocycles. The summed E-state index contributed by atoms with van der Waals surface area (Å²) in [7, 11) is 0. The van der Waals surface area contributed by atoms with E-state index >= 15 is 0 Å². The van der Waals surface area contributed by atoms with Gasteiger partial charge in [0, 0.05) is 17.0 Å². The number of nitro groups is 1. The van der Waals surface area contributed by atoms with Gasteiger partial charge in [0.2, 0.25) is 0 Å². The monoisotopic (exact) mass is 233 g/mol. The van der Waals surface area contributed by atoms with Crippen LogP contribution in [0, 0.1) is 10.1 Å². The Balaban J connectivity index is 2.15. The Morgan fingerprint density at radius 2 is 2.12 bits per heavy atom. The van der Waals surface area contributed by atoms with Gasteiger partial charge < -0.3 is 0 Å². The van der Waals surface area contributed by atoms with Crippen LogP contribution < -0.4 is 0 Å². The van der Waals surface area contributed by atoms with Crippen molar-refractivity contribution in [3.8, 4) is 0 Å². The molecule has 1 aliphatic rings. The summed E-state index contributed by atoms with van der Waals surface area (Å²) in [6, 6.07) is 8.70. The number of aliphatic imine (C=N–C) groups is 1. The van der Waals surface area contributed by atoms with E-state index < -0.39 is 11.5 Å². The van der Waals surface area contributed by atoms with E-state index in [1.807, 2.05) is 6.07 Å². The number of carbonyl (C=O) groups is 1. The van der Waals surface area contributed by atoms with Crippen LogP contribution in [0.15, 0.2) is 35.3 Å². The second kappa shape index (κ2) is 4.73. The minimum atomic E-state index is -0.477. The predicted molar refractivity (Wildman–Crippen MR) is 61.6 cm³/mol. The lowest BCUT2D eigenvalue weighted by Gasteiger charge is -2.15. The smallest absolute Gasteiger partial charge is 0.260 e. The van der Waals surface area contributed by atoms with Crippen LogP contribution >= 0.6 is 0 Å². The van der Waals surface area contributed by atoms with E-state index in [9.17, 15) is 14.9 Å². The summed E-state index contributed by atoms with van der Waals surface area (Å²) in [6.45, 7) is 0.442. The van der Waals surface area contributed by atoms with Crippen LogP contribution in [-0.2, 0) is 0 Å². The summed E-state index contributed by atoms with van der Waals surface area (Å²) < 4.78 is 0. The summed E-state index contributed by atoms with van der Waals surface area (Å²) in [4.78, 5) is 27.4. The molecule has 88 valence electrons. The SMILES string of the molecule is O=C(c1ccccc1)N1CCN=C1C[N+](=O)[O-]. The van der Waals surface area contributed by atoms with Gasteiger partial charge in [-0.3, -0.25) is 24.8 Å². The number of carbonyl (C=O) groups excluding carboxylic acids is 1. The van der Waals surface area contributed by atoms with Gasteiger partial charge in [0.05, 0.1) is 6.54 Å². The molecule has 0 aromatic heterocycles. The van der Waals surface area contributed by atoms with Crippen LogP contribution in [0.5, 0.6) is 0 Å². The molecule has 0 radical (unpaired) electrons. The molecule has 0 bridgehead atoms. The standard InChI is InChI=1S/C11H11N3O3/c15-11(9-4-2-1-3-5-9)13-7-6-12-10(13)8-14(16)17/h1-5H,6-8H2. The highest BCUT2D eigenvalue weighted by Crippen LogP contribution is 2.09. The van der Waals surface area contributed by atoms with Gasteiger partial charge in [0.25, 0.3) is 12.5 Å². The summed E-state index contributed by atoms with van der Waals surface area (Å²) in [5, 5.41) is 10.4. The van der Waals surface area contributed by atoms with Gasteiger partial charge >= 0.3 is 0 Å². The lowest BCUT2D eigenvalue weighted by Crippen LogP contribution is -2.37. The first-order valence-corrected chi connectivity index (χ1v) is 5.20. The minimum absolute atomic E-state index is 0.233. The maximum atomic E-state index is 12.1. The molecule has 1 aromatic rings. The topological polar surface area (TPSA) is 75.8 Å². The zero-order valence-corrected chi connectivity index (χ0v) is 9.07. The highest BCUT2D eigenvalue weighted by atomic mass is 16.6. The Bertz CT molecular complexity index is 470. The van der Waals surface area contributed by atoms with Gasteiger partial charge in [-0.05, 0) is 12.1 Å². The van der Waals surface area contributed by atoms with E-state index in [4.69, 9.17) is 0 Å². The number of amidine groups is 1. The summed E-state index contributed by atoms with van der Waals surface area (Å²) in [5.74, 6) is 0.00699. The molecule has 6 nitrogen and oxygen atoms in total. The van der Waals surface area contributed by atoms with E-state index in [1.165, 1.54) is 4.90 Å². The number of hydrogen-bond acceptors (Lipinski definition) is 4. The molecular formula is C11H11N3O3. The van der Waals surface area contributed by atoms with Gasteiger partial charge in [-0.25, -0.2) is 0 Å². The molecular weight excluding hydrogens is 222 g/mol. The molecule has 0 N–H and O–H groups in total. The predicted octanol–water partition coefficient (Wildman–Crippen LogP) is 0.818. The van der Waals surface area contributed by atoms with Crippen molar-refractivity contribution >= 4 is 11.7 Å². The van der Waals surface area contributed by atoms with Gasteiger partial charge in [-0.15, -0.1) is 0 Å². The zero-order chi connectivity index (χ0) is 12.3. The maximum absolute atomic E-state index is 12.1. The first kappa shape index (κ1) is 11.3. The Morgan fingerprint density at radius 1 is 1.41 bits per heavy atom. The van der Waals surface area contributed by atoms with E-state index in [2.05, 4.69) is 4.99 Å².